The molecule has 0 heterocycles. The number of sulfonamides is 1. The average molecular weight is 570 g/mol. The van der Waals surface area contributed by atoms with Crippen LogP contribution in [0.1, 0.15) is 43.4 Å². The highest BCUT2D eigenvalue weighted by molar-refractivity contribution is 7.89. The molecule has 0 fully saturated rings. The number of nitrogens with one attached hydrogen (secondary N) is 2. The molecule has 0 aliphatic heterocycles. The molecule has 39 heavy (non-hydrogen) atoms. The van der Waals surface area contributed by atoms with Crippen molar-refractivity contribution in [1.29, 1.82) is 0 Å². The number of hydrogen-bond acceptors (Lipinski definition) is 4. The summed E-state index contributed by atoms with van der Waals surface area (Å²) in [6.07, 6.45) is 1.74. The Labute approximate surface area is 236 Å². The molecule has 0 aromatic heterocycles. The van der Waals surface area contributed by atoms with E-state index < -0.39 is 16.1 Å². The van der Waals surface area contributed by atoms with Crippen molar-refractivity contribution >= 4 is 33.4 Å². The molecule has 208 valence electrons. The Morgan fingerprint density at radius 2 is 1.51 bits per heavy atom. The standard InChI is InChI=1S/C30H36ClN3O4S/c1-3-20-32-30(36)28(21-24-8-6-5-7-9-24)34(22-25-10-15-26(31)16-11-25)29(35)19-14-23-12-17-27(18-13-23)39(37,38)33-4-2/h5-13,15-18,28,33H,3-4,14,19-22H2,1-2H3,(H,32,36). The van der Waals surface area contributed by atoms with Crippen LogP contribution in [-0.2, 0) is 39.0 Å². The van der Waals surface area contributed by atoms with E-state index in [9.17, 15) is 18.0 Å². The SMILES string of the molecule is CCCNC(=O)C(Cc1ccccc1)N(Cc1ccc(Cl)cc1)C(=O)CCc1ccc(S(=O)(=O)NCC)cc1. The van der Waals surface area contributed by atoms with Gasteiger partial charge in [0, 0.05) is 37.5 Å². The number of hydrogen-bond donors (Lipinski definition) is 2. The minimum atomic E-state index is -3.55. The smallest absolute Gasteiger partial charge is 0.243 e. The van der Waals surface area contributed by atoms with E-state index in [1.165, 1.54) is 0 Å². The van der Waals surface area contributed by atoms with Crippen molar-refractivity contribution in [2.45, 2.75) is 57.0 Å². The number of carbonyl (C=O) groups excluding carboxylic acids is 2. The van der Waals surface area contributed by atoms with E-state index in [0.717, 1.165) is 23.1 Å². The quantitative estimate of drug-likeness (QED) is 0.293. The maximum Gasteiger partial charge on any atom is 0.243 e. The van der Waals surface area contributed by atoms with E-state index in [0.29, 0.717) is 31.0 Å². The number of nitrogens with zero attached hydrogens (tertiary/aromatic N) is 1. The molecule has 0 aliphatic carbocycles. The molecule has 0 radical (unpaired) electrons. The van der Waals surface area contributed by atoms with Gasteiger partial charge in [0.25, 0.3) is 0 Å². The Balaban J connectivity index is 1.85. The van der Waals surface area contributed by atoms with Gasteiger partial charge in [-0.3, -0.25) is 9.59 Å². The van der Waals surface area contributed by atoms with Crippen molar-refractivity contribution in [3.05, 3.63) is 101 Å². The second-order valence-electron chi connectivity index (χ2n) is 9.29. The van der Waals surface area contributed by atoms with E-state index in [4.69, 9.17) is 11.6 Å². The fraction of sp³-hybridized carbons (Fsp3) is 0.333. The number of carbonyl (C=O) groups is 2. The van der Waals surface area contributed by atoms with Crippen LogP contribution < -0.4 is 10.0 Å². The van der Waals surface area contributed by atoms with Gasteiger partial charge < -0.3 is 10.2 Å². The van der Waals surface area contributed by atoms with Crippen molar-refractivity contribution in [1.82, 2.24) is 14.9 Å². The summed E-state index contributed by atoms with van der Waals surface area (Å²) in [5.41, 5.74) is 2.66. The van der Waals surface area contributed by atoms with Gasteiger partial charge in [-0.1, -0.05) is 80.0 Å². The number of benzene rings is 3. The van der Waals surface area contributed by atoms with E-state index in [1.807, 2.05) is 49.4 Å². The third-order valence-electron chi connectivity index (χ3n) is 6.28. The highest BCUT2D eigenvalue weighted by atomic mass is 35.5. The summed E-state index contributed by atoms with van der Waals surface area (Å²) in [7, 11) is -3.55. The summed E-state index contributed by atoms with van der Waals surface area (Å²) >= 11 is 6.08. The van der Waals surface area contributed by atoms with E-state index >= 15 is 0 Å². The van der Waals surface area contributed by atoms with Gasteiger partial charge in [-0.05, 0) is 53.8 Å². The molecule has 3 aromatic carbocycles. The van der Waals surface area contributed by atoms with Gasteiger partial charge in [0.15, 0.2) is 0 Å². The predicted octanol–water partition coefficient (Wildman–Crippen LogP) is 4.74. The van der Waals surface area contributed by atoms with Crippen molar-refractivity contribution in [3.63, 3.8) is 0 Å². The highest BCUT2D eigenvalue weighted by Gasteiger charge is 2.30. The monoisotopic (exact) mass is 569 g/mol. The lowest BCUT2D eigenvalue weighted by molar-refractivity contribution is -0.141. The minimum absolute atomic E-state index is 0.165. The lowest BCUT2D eigenvalue weighted by Gasteiger charge is -2.31. The third-order valence-corrected chi connectivity index (χ3v) is 8.10. The van der Waals surface area contributed by atoms with Crippen molar-refractivity contribution < 1.29 is 18.0 Å². The minimum Gasteiger partial charge on any atom is -0.354 e. The lowest BCUT2D eigenvalue weighted by Crippen LogP contribution is -2.50. The van der Waals surface area contributed by atoms with Gasteiger partial charge in [0.05, 0.1) is 4.90 Å². The van der Waals surface area contributed by atoms with Gasteiger partial charge in [0.2, 0.25) is 21.8 Å². The van der Waals surface area contributed by atoms with Crippen LogP contribution >= 0.6 is 11.6 Å². The van der Waals surface area contributed by atoms with Crippen molar-refractivity contribution in [2.24, 2.45) is 0 Å². The zero-order valence-corrected chi connectivity index (χ0v) is 24.0. The van der Waals surface area contributed by atoms with Crippen LogP contribution in [0.2, 0.25) is 5.02 Å². The molecule has 2 amide bonds. The summed E-state index contributed by atoms with van der Waals surface area (Å²) in [6.45, 7) is 4.79. The van der Waals surface area contributed by atoms with Crippen LogP contribution in [0.5, 0.6) is 0 Å². The molecule has 0 spiro atoms. The fourth-order valence-corrected chi connectivity index (χ4v) is 5.38. The van der Waals surface area contributed by atoms with Gasteiger partial charge >= 0.3 is 0 Å². The average Bonchev–Trinajstić information content (AvgIpc) is 2.94. The van der Waals surface area contributed by atoms with Crippen LogP contribution in [0.4, 0.5) is 0 Å². The fourth-order valence-electron chi connectivity index (χ4n) is 4.21. The number of aryl methyl sites for hydroxylation is 1. The van der Waals surface area contributed by atoms with Crippen LogP contribution in [0.3, 0.4) is 0 Å². The van der Waals surface area contributed by atoms with Crippen molar-refractivity contribution in [2.75, 3.05) is 13.1 Å². The maximum absolute atomic E-state index is 13.7. The number of halogens is 1. The summed E-state index contributed by atoms with van der Waals surface area (Å²) in [5.74, 6) is -0.358. The van der Waals surface area contributed by atoms with Crippen LogP contribution in [0.15, 0.2) is 83.8 Å². The van der Waals surface area contributed by atoms with Gasteiger partial charge in [-0.15, -0.1) is 0 Å². The van der Waals surface area contributed by atoms with Crippen LogP contribution in [0.25, 0.3) is 0 Å². The zero-order valence-electron chi connectivity index (χ0n) is 22.4. The second-order valence-corrected chi connectivity index (χ2v) is 11.5. The molecule has 0 saturated heterocycles. The first-order chi connectivity index (χ1) is 18.7. The molecule has 7 nitrogen and oxygen atoms in total. The van der Waals surface area contributed by atoms with E-state index in [2.05, 4.69) is 10.0 Å². The van der Waals surface area contributed by atoms with Gasteiger partial charge in [-0.2, -0.15) is 0 Å². The summed E-state index contributed by atoms with van der Waals surface area (Å²) < 4.78 is 27.0. The molecular formula is C30H36ClN3O4S. The van der Waals surface area contributed by atoms with E-state index in [1.54, 1.807) is 48.2 Å². The first kappa shape index (κ1) is 30.3. The molecule has 1 unspecified atom stereocenters. The molecule has 9 heteroatoms. The summed E-state index contributed by atoms with van der Waals surface area (Å²) in [4.78, 5) is 28.9. The maximum atomic E-state index is 13.7. The van der Waals surface area contributed by atoms with E-state index in [-0.39, 0.29) is 29.7 Å². The normalized spacial score (nSPS) is 12.1. The first-order valence-corrected chi connectivity index (χ1v) is 15.0. The zero-order chi connectivity index (χ0) is 28.3. The lowest BCUT2D eigenvalue weighted by atomic mass is 10.0. The predicted molar refractivity (Wildman–Crippen MR) is 155 cm³/mol. The first-order valence-electron chi connectivity index (χ1n) is 13.2. The molecule has 1 atom stereocenters. The summed E-state index contributed by atoms with van der Waals surface area (Å²) in [6, 6.07) is 22.7. The number of rotatable bonds is 14. The Morgan fingerprint density at radius 3 is 2.13 bits per heavy atom. The highest BCUT2D eigenvalue weighted by Crippen LogP contribution is 2.19. The van der Waals surface area contributed by atoms with Gasteiger partial charge in [-0.25, -0.2) is 13.1 Å². The Kier molecular flexibility index (Phi) is 11.5. The Hall–Kier alpha value is -3.20. The Bertz CT molecular complexity index is 1310. The molecule has 3 aromatic rings. The number of amides is 2. The molecular weight excluding hydrogens is 534 g/mol. The summed E-state index contributed by atoms with van der Waals surface area (Å²) in [5, 5.41) is 3.57. The molecule has 0 bridgehead atoms. The Morgan fingerprint density at radius 1 is 0.872 bits per heavy atom. The molecule has 2 N–H and O–H groups in total. The molecule has 3 rings (SSSR count). The topological polar surface area (TPSA) is 95.6 Å². The largest absolute Gasteiger partial charge is 0.354 e. The second kappa shape index (κ2) is 14.8. The van der Waals surface area contributed by atoms with Gasteiger partial charge in [0.1, 0.15) is 6.04 Å². The van der Waals surface area contributed by atoms with Crippen LogP contribution in [-0.4, -0.2) is 44.3 Å². The molecule has 0 saturated carbocycles. The van der Waals surface area contributed by atoms with Crippen LogP contribution in [0, 0.1) is 0 Å². The molecule has 0 aliphatic rings. The third kappa shape index (κ3) is 9.20. The van der Waals surface area contributed by atoms with Crippen molar-refractivity contribution in [3.8, 4) is 0 Å².